The van der Waals surface area contributed by atoms with Crippen molar-refractivity contribution in [3.8, 4) is 0 Å². The number of esters is 1. The molecule has 0 amide bonds. The number of benzene rings is 2. The normalized spacial score (nSPS) is 10.9. The number of hydrogen-bond acceptors (Lipinski definition) is 6. The van der Waals surface area contributed by atoms with Crippen LogP contribution in [0.5, 0.6) is 0 Å². The summed E-state index contributed by atoms with van der Waals surface area (Å²) >= 11 is 3.33. The summed E-state index contributed by atoms with van der Waals surface area (Å²) in [5.74, 6) is -1.83. The molecular weight excluding hydrogens is 478 g/mol. The highest BCUT2D eigenvalue weighted by molar-refractivity contribution is 9.10. The molecule has 0 unspecified atom stereocenters. The number of rotatable bonds is 7. The molecule has 0 saturated heterocycles. The number of carbonyl (C=O) groups is 2. The van der Waals surface area contributed by atoms with E-state index in [4.69, 9.17) is 10.5 Å². The summed E-state index contributed by atoms with van der Waals surface area (Å²) in [7, 11) is 1.26. The molecule has 0 aliphatic heterocycles. The third kappa shape index (κ3) is 5.30. The van der Waals surface area contributed by atoms with Gasteiger partial charge in [-0.15, -0.1) is 0 Å². The topological polar surface area (TPSA) is 113 Å². The van der Waals surface area contributed by atoms with E-state index in [1.54, 1.807) is 36.4 Å². The highest BCUT2D eigenvalue weighted by atomic mass is 79.9. The van der Waals surface area contributed by atoms with Gasteiger partial charge in [0, 0.05) is 17.6 Å². The first-order valence-electron chi connectivity index (χ1n) is 9.54. The second-order valence-corrected chi connectivity index (χ2v) is 7.81. The van der Waals surface area contributed by atoms with Gasteiger partial charge in [-0.25, -0.2) is 9.59 Å². The Kier molecular flexibility index (Phi) is 7.21. The minimum atomic E-state index is -0.845. The second kappa shape index (κ2) is 10.1. The quantitative estimate of drug-likeness (QED) is 0.304. The van der Waals surface area contributed by atoms with Crippen molar-refractivity contribution >= 4 is 39.6 Å². The highest BCUT2D eigenvalue weighted by Crippen LogP contribution is 2.13. The molecule has 2 N–H and O–H groups in total. The van der Waals surface area contributed by atoms with E-state index in [9.17, 15) is 19.2 Å². The van der Waals surface area contributed by atoms with E-state index < -0.39 is 35.2 Å². The van der Waals surface area contributed by atoms with Crippen molar-refractivity contribution < 1.29 is 14.3 Å². The first-order valence-corrected chi connectivity index (χ1v) is 10.3. The Hall–Kier alpha value is -3.72. The van der Waals surface area contributed by atoms with Crippen LogP contribution in [-0.2, 0) is 23.1 Å². The molecule has 0 spiro atoms. The smallest absolute Gasteiger partial charge is 0.332 e. The second-order valence-electron chi connectivity index (χ2n) is 6.90. The first kappa shape index (κ1) is 23.0. The molecule has 3 aromatic rings. The van der Waals surface area contributed by atoms with Crippen molar-refractivity contribution in [3.63, 3.8) is 0 Å². The molecular formula is C23H20BrN3O5. The lowest BCUT2D eigenvalue weighted by Crippen LogP contribution is -2.43. The van der Waals surface area contributed by atoms with Crippen LogP contribution in [0.15, 0.2) is 74.7 Å². The molecule has 0 saturated carbocycles. The van der Waals surface area contributed by atoms with Gasteiger partial charge >= 0.3 is 11.7 Å². The van der Waals surface area contributed by atoms with E-state index in [-0.39, 0.29) is 12.4 Å². The molecule has 8 nitrogen and oxygen atoms in total. The Morgan fingerprint density at radius 3 is 2.50 bits per heavy atom. The molecule has 1 heterocycles. The van der Waals surface area contributed by atoms with Crippen LogP contribution in [0.1, 0.15) is 21.5 Å². The summed E-state index contributed by atoms with van der Waals surface area (Å²) in [5.41, 5.74) is 5.66. The predicted octanol–water partition coefficient (Wildman–Crippen LogP) is 2.38. The van der Waals surface area contributed by atoms with E-state index >= 15 is 0 Å². The standard InChI is InChI=1S/C23H20BrN3O5/c1-26-22(30)20(21(25)27(23(26)31)13-16-6-3-2-4-7-16)18(28)14-32-19(29)11-10-15-8-5-9-17(24)12-15/h2-12H,13-14,25H2,1H3/b11-10+. The molecule has 0 bridgehead atoms. The fourth-order valence-electron chi connectivity index (χ4n) is 3.00. The molecule has 0 aliphatic carbocycles. The van der Waals surface area contributed by atoms with Gasteiger partial charge in [0.1, 0.15) is 11.4 Å². The van der Waals surface area contributed by atoms with Crippen molar-refractivity contribution in [3.05, 3.63) is 103 Å². The zero-order valence-corrected chi connectivity index (χ0v) is 18.7. The summed E-state index contributed by atoms with van der Waals surface area (Å²) in [6.45, 7) is -0.611. The van der Waals surface area contributed by atoms with Crippen molar-refractivity contribution in [2.75, 3.05) is 12.3 Å². The molecule has 0 fully saturated rings. The van der Waals surface area contributed by atoms with Crippen molar-refractivity contribution in [2.24, 2.45) is 7.05 Å². The summed E-state index contributed by atoms with van der Waals surface area (Å²) in [6, 6.07) is 16.2. The Bertz CT molecular complexity index is 1310. The lowest BCUT2D eigenvalue weighted by molar-refractivity contribution is -0.136. The van der Waals surface area contributed by atoms with E-state index in [2.05, 4.69) is 15.9 Å². The van der Waals surface area contributed by atoms with Gasteiger partial charge in [0.05, 0.1) is 6.54 Å². The van der Waals surface area contributed by atoms with Gasteiger partial charge in [0.2, 0.25) is 5.78 Å². The fourth-order valence-corrected chi connectivity index (χ4v) is 3.41. The average molecular weight is 498 g/mol. The van der Waals surface area contributed by atoms with Crippen LogP contribution in [0.4, 0.5) is 5.82 Å². The largest absolute Gasteiger partial charge is 0.454 e. The van der Waals surface area contributed by atoms with Crippen molar-refractivity contribution in [2.45, 2.75) is 6.54 Å². The number of aromatic nitrogens is 2. The molecule has 0 aliphatic rings. The number of halogens is 1. The van der Waals surface area contributed by atoms with Crippen LogP contribution in [-0.4, -0.2) is 27.5 Å². The summed E-state index contributed by atoms with van der Waals surface area (Å²) in [5, 5.41) is 0. The van der Waals surface area contributed by atoms with Crippen molar-refractivity contribution in [1.29, 1.82) is 0 Å². The van der Waals surface area contributed by atoms with Gasteiger partial charge < -0.3 is 10.5 Å². The number of Topliss-reactive ketones (excluding diaryl/α,β-unsaturated/α-hetero) is 1. The zero-order valence-electron chi connectivity index (χ0n) is 17.2. The maximum absolute atomic E-state index is 12.7. The van der Waals surface area contributed by atoms with Gasteiger partial charge in [-0.05, 0) is 29.3 Å². The number of ketones is 1. The Balaban J connectivity index is 1.79. The van der Waals surface area contributed by atoms with E-state index in [1.807, 2.05) is 18.2 Å². The lowest BCUT2D eigenvalue weighted by Gasteiger charge is -2.14. The fraction of sp³-hybridized carbons (Fsp3) is 0.130. The van der Waals surface area contributed by atoms with Gasteiger partial charge in [0.25, 0.3) is 5.56 Å². The third-order valence-corrected chi connectivity index (χ3v) is 5.14. The molecule has 0 atom stereocenters. The number of nitrogens with zero attached hydrogens (tertiary/aromatic N) is 2. The van der Waals surface area contributed by atoms with Gasteiger partial charge in [-0.2, -0.15) is 0 Å². The van der Waals surface area contributed by atoms with Gasteiger partial charge in [-0.1, -0.05) is 58.4 Å². The molecule has 1 aromatic heterocycles. The minimum Gasteiger partial charge on any atom is -0.454 e. The molecule has 3 rings (SSSR count). The number of anilines is 1. The van der Waals surface area contributed by atoms with Crippen molar-refractivity contribution in [1.82, 2.24) is 9.13 Å². The molecule has 32 heavy (non-hydrogen) atoms. The first-order chi connectivity index (χ1) is 15.3. The number of nitrogens with two attached hydrogens (primary N) is 1. The van der Waals surface area contributed by atoms with Crippen LogP contribution in [0, 0.1) is 0 Å². The zero-order chi connectivity index (χ0) is 23.3. The van der Waals surface area contributed by atoms with E-state index in [0.717, 1.165) is 24.7 Å². The SMILES string of the molecule is Cn1c(=O)c(C(=O)COC(=O)/C=C/c2cccc(Br)c2)c(N)n(Cc2ccccc2)c1=O. The molecule has 164 valence electrons. The van der Waals surface area contributed by atoms with Crippen LogP contribution in [0.3, 0.4) is 0 Å². The van der Waals surface area contributed by atoms with Crippen LogP contribution in [0.2, 0.25) is 0 Å². The highest BCUT2D eigenvalue weighted by Gasteiger charge is 2.22. The summed E-state index contributed by atoms with van der Waals surface area (Å²) in [4.78, 5) is 49.7. The van der Waals surface area contributed by atoms with Crippen LogP contribution in [0.25, 0.3) is 6.08 Å². The number of carbonyl (C=O) groups excluding carboxylic acids is 2. The Morgan fingerprint density at radius 2 is 1.81 bits per heavy atom. The van der Waals surface area contributed by atoms with E-state index in [1.165, 1.54) is 19.2 Å². The number of hydrogen-bond donors (Lipinski definition) is 1. The number of nitrogen functional groups attached to an aromatic ring is 1. The molecule has 9 heteroatoms. The maximum atomic E-state index is 12.7. The average Bonchev–Trinajstić information content (AvgIpc) is 2.78. The Labute approximate surface area is 191 Å². The monoisotopic (exact) mass is 497 g/mol. The van der Waals surface area contributed by atoms with E-state index in [0.29, 0.717) is 0 Å². The predicted molar refractivity (Wildman–Crippen MR) is 124 cm³/mol. The summed E-state index contributed by atoms with van der Waals surface area (Å²) < 4.78 is 7.76. The molecule has 0 radical (unpaired) electrons. The Morgan fingerprint density at radius 1 is 1.09 bits per heavy atom. The minimum absolute atomic E-state index is 0.0784. The third-order valence-electron chi connectivity index (χ3n) is 4.65. The molecule has 2 aromatic carbocycles. The van der Waals surface area contributed by atoms with Gasteiger partial charge in [0.15, 0.2) is 6.61 Å². The van der Waals surface area contributed by atoms with Gasteiger partial charge in [-0.3, -0.25) is 18.7 Å². The van der Waals surface area contributed by atoms with Crippen LogP contribution >= 0.6 is 15.9 Å². The lowest BCUT2D eigenvalue weighted by atomic mass is 10.2. The summed E-state index contributed by atoms with van der Waals surface area (Å²) in [6.07, 6.45) is 2.71. The number of ether oxygens (including phenoxy) is 1. The van der Waals surface area contributed by atoms with Crippen LogP contribution < -0.4 is 17.0 Å². The maximum Gasteiger partial charge on any atom is 0.332 e.